The maximum Gasteiger partial charge on any atom is 0.186 e. The van der Waals surface area contributed by atoms with E-state index in [1.165, 1.54) is 7.11 Å². The Labute approximate surface area is 112 Å². The molecule has 2 N–H and O–H groups in total. The van der Waals surface area contributed by atoms with Crippen LogP contribution in [-0.4, -0.2) is 48.0 Å². The van der Waals surface area contributed by atoms with E-state index in [9.17, 15) is 10.2 Å². The largest absolute Gasteiger partial charge is 0.388 e. The van der Waals surface area contributed by atoms with Gasteiger partial charge in [0.25, 0.3) is 0 Å². The average molecular weight is 268 g/mol. The van der Waals surface area contributed by atoms with Crippen molar-refractivity contribution >= 4 is 0 Å². The second-order valence-electron chi connectivity index (χ2n) is 4.69. The van der Waals surface area contributed by atoms with Gasteiger partial charge in [-0.1, -0.05) is 30.3 Å². The van der Waals surface area contributed by atoms with Gasteiger partial charge in [-0.15, -0.1) is 0 Å². The van der Waals surface area contributed by atoms with Crippen molar-refractivity contribution in [3.8, 4) is 0 Å². The molecule has 0 saturated carbocycles. The first-order valence-corrected chi connectivity index (χ1v) is 6.33. The normalized spacial score (nSPS) is 35.3. The number of aliphatic hydroxyl groups is 2. The highest BCUT2D eigenvalue weighted by atomic mass is 16.7. The van der Waals surface area contributed by atoms with Crippen LogP contribution in [0.15, 0.2) is 30.3 Å². The molecule has 0 amide bonds. The number of aliphatic hydroxyl groups excluding tert-OH is 2. The molecule has 106 valence electrons. The minimum Gasteiger partial charge on any atom is -0.388 e. The lowest BCUT2D eigenvalue weighted by molar-refractivity contribution is -0.295. The summed E-state index contributed by atoms with van der Waals surface area (Å²) in [6, 6.07) is 9.60. The summed E-state index contributed by atoms with van der Waals surface area (Å²) < 4.78 is 16.0. The van der Waals surface area contributed by atoms with E-state index in [0.717, 1.165) is 5.56 Å². The third-order valence-corrected chi connectivity index (χ3v) is 3.30. The molecule has 1 saturated heterocycles. The maximum absolute atomic E-state index is 10.1. The van der Waals surface area contributed by atoms with E-state index < -0.39 is 30.7 Å². The van der Waals surface area contributed by atoms with Crippen LogP contribution in [-0.2, 0) is 20.8 Å². The van der Waals surface area contributed by atoms with Crippen LogP contribution in [0.1, 0.15) is 12.5 Å². The molecule has 1 aromatic rings. The third kappa shape index (κ3) is 3.32. The summed E-state index contributed by atoms with van der Waals surface area (Å²) in [6.07, 6.45) is -3.85. The van der Waals surface area contributed by atoms with E-state index in [1.54, 1.807) is 6.92 Å². The van der Waals surface area contributed by atoms with E-state index in [0.29, 0.717) is 6.61 Å². The molecule has 5 nitrogen and oxygen atoms in total. The fourth-order valence-corrected chi connectivity index (χ4v) is 2.16. The van der Waals surface area contributed by atoms with E-state index in [4.69, 9.17) is 14.2 Å². The highest BCUT2D eigenvalue weighted by Gasteiger charge is 2.43. The van der Waals surface area contributed by atoms with Gasteiger partial charge in [-0.2, -0.15) is 0 Å². The Morgan fingerprint density at radius 2 is 1.84 bits per heavy atom. The lowest BCUT2D eigenvalue weighted by Gasteiger charge is -2.40. The zero-order valence-electron chi connectivity index (χ0n) is 11.1. The zero-order chi connectivity index (χ0) is 13.8. The molecule has 1 heterocycles. The monoisotopic (exact) mass is 268 g/mol. The first-order chi connectivity index (χ1) is 9.13. The first kappa shape index (κ1) is 14.4. The molecule has 0 unspecified atom stereocenters. The second kappa shape index (κ2) is 6.45. The SMILES string of the molecule is CO[C@H]1O[C@H](C)[C@@H](O)[C@H](OCc2ccccc2)[C@@H]1O. The molecule has 0 spiro atoms. The first-order valence-electron chi connectivity index (χ1n) is 6.33. The van der Waals surface area contributed by atoms with Gasteiger partial charge in [-0.05, 0) is 12.5 Å². The lowest BCUT2D eigenvalue weighted by atomic mass is 9.99. The van der Waals surface area contributed by atoms with Gasteiger partial charge in [0, 0.05) is 7.11 Å². The van der Waals surface area contributed by atoms with Crippen LogP contribution < -0.4 is 0 Å². The Hall–Kier alpha value is -0.980. The number of ether oxygens (including phenoxy) is 3. The molecular weight excluding hydrogens is 248 g/mol. The molecule has 5 heteroatoms. The Morgan fingerprint density at radius 1 is 1.16 bits per heavy atom. The summed E-state index contributed by atoms with van der Waals surface area (Å²) in [5.74, 6) is 0. The number of rotatable bonds is 4. The fourth-order valence-electron chi connectivity index (χ4n) is 2.16. The summed E-state index contributed by atoms with van der Waals surface area (Å²) in [6.45, 7) is 2.05. The van der Waals surface area contributed by atoms with E-state index >= 15 is 0 Å². The highest BCUT2D eigenvalue weighted by Crippen LogP contribution is 2.24. The fraction of sp³-hybridized carbons (Fsp3) is 0.571. The van der Waals surface area contributed by atoms with E-state index in [-0.39, 0.29) is 0 Å². The molecule has 0 aromatic heterocycles. The second-order valence-corrected chi connectivity index (χ2v) is 4.69. The van der Waals surface area contributed by atoms with Crippen LogP contribution >= 0.6 is 0 Å². The van der Waals surface area contributed by atoms with Gasteiger partial charge in [0.2, 0.25) is 0 Å². The van der Waals surface area contributed by atoms with Gasteiger partial charge in [0.05, 0.1) is 12.7 Å². The summed E-state index contributed by atoms with van der Waals surface area (Å²) in [5, 5.41) is 20.1. The standard InChI is InChI=1S/C14H20O5/c1-9-11(15)13(12(16)14(17-2)19-9)18-8-10-6-4-3-5-7-10/h3-7,9,11-16H,8H2,1-2H3/t9-,11-,12+,13+,14+/m1/s1. The summed E-state index contributed by atoms with van der Waals surface area (Å²) in [4.78, 5) is 0. The van der Waals surface area contributed by atoms with Crippen LogP contribution in [0, 0.1) is 0 Å². The number of hydrogen-bond acceptors (Lipinski definition) is 5. The maximum atomic E-state index is 10.1. The van der Waals surface area contributed by atoms with Crippen molar-refractivity contribution in [1.29, 1.82) is 0 Å². The van der Waals surface area contributed by atoms with Crippen molar-refractivity contribution in [1.82, 2.24) is 0 Å². The van der Waals surface area contributed by atoms with Crippen molar-refractivity contribution < 1.29 is 24.4 Å². The van der Waals surface area contributed by atoms with Crippen molar-refractivity contribution in [2.24, 2.45) is 0 Å². The topological polar surface area (TPSA) is 68.2 Å². The third-order valence-electron chi connectivity index (χ3n) is 3.30. The van der Waals surface area contributed by atoms with Crippen LogP contribution in [0.4, 0.5) is 0 Å². The van der Waals surface area contributed by atoms with Crippen molar-refractivity contribution in [2.75, 3.05) is 7.11 Å². The van der Waals surface area contributed by atoms with Crippen LogP contribution in [0.3, 0.4) is 0 Å². The highest BCUT2D eigenvalue weighted by molar-refractivity contribution is 5.13. The van der Waals surface area contributed by atoms with Crippen LogP contribution in [0.2, 0.25) is 0 Å². The molecule has 1 aliphatic rings. The number of hydrogen-bond donors (Lipinski definition) is 2. The van der Waals surface area contributed by atoms with Crippen molar-refractivity contribution in [2.45, 2.75) is 44.2 Å². The Kier molecular flexibility index (Phi) is 4.90. The molecule has 1 aromatic carbocycles. The van der Waals surface area contributed by atoms with Gasteiger partial charge in [0.1, 0.15) is 18.3 Å². The Bertz CT molecular complexity index is 383. The average Bonchev–Trinajstić information content (AvgIpc) is 2.44. The molecule has 0 bridgehead atoms. The van der Waals surface area contributed by atoms with Gasteiger partial charge < -0.3 is 24.4 Å². The van der Waals surface area contributed by atoms with Gasteiger partial charge in [-0.25, -0.2) is 0 Å². The van der Waals surface area contributed by atoms with Gasteiger partial charge in [0.15, 0.2) is 6.29 Å². The minimum absolute atomic E-state index is 0.322. The predicted molar refractivity (Wildman–Crippen MR) is 68.4 cm³/mol. The lowest BCUT2D eigenvalue weighted by Crippen LogP contribution is -2.58. The summed E-state index contributed by atoms with van der Waals surface area (Å²) >= 11 is 0. The predicted octanol–water partition coefficient (Wildman–Crippen LogP) is 0.685. The smallest absolute Gasteiger partial charge is 0.186 e. The molecular formula is C14H20O5. The molecule has 0 aliphatic carbocycles. The summed E-state index contributed by atoms with van der Waals surface area (Å²) in [7, 11) is 1.45. The van der Waals surface area contributed by atoms with Crippen molar-refractivity contribution in [3.05, 3.63) is 35.9 Å². The van der Waals surface area contributed by atoms with Gasteiger partial charge in [-0.3, -0.25) is 0 Å². The molecule has 0 radical (unpaired) electrons. The number of benzene rings is 1. The molecule has 5 atom stereocenters. The Balaban J connectivity index is 2.00. The van der Waals surface area contributed by atoms with Crippen LogP contribution in [0.25, 0.3) is 0 Å². The summed E-state index contributed by atoms with van der Waals surface area (Å²) in [5.41, 5.74) is 0.981. The van der Waals surface area contributed by atoms with Gasteiger partial charge >= 0.3 is 0 Å². The Morgan fingerprint density at radius 3 is 2.47 bits per heavy atom. The van der Waals surface area contributed by atoms with Crippen molar-refractivity contribution in [3.63, 3.8) is 0 Å². The zero-order valence-corrected chi connectivity index (χ0v) is 11.1. The molecule has 1 aliphatic heterocycles. The molecule has 2 rings (SSSR count). The van der Waals surface area contributed by atoms with Crippen LogP contribution in [0.5, 0.6) is 0 Å². The number of methoxy groups -OCH3 is 1. The van der Waals surface area contributed by atoms with E-state index in [2.05, 4.69) is 0 Å². The molecule has 19 heavy (non-hydrogen) atoms. The quantitative estimate of drug-likeness (QED) is 0.840. The minimum atomic E-state index is -1.01. The van der Waals surface area contributed by atoms with E-state index in [1.807, 2.05) is 30.3 Å². The molecule has 1 fully saturated rings.